The number of halogens is 3. The van der Waals surface area contributed by atoms with Crippen LogP contribution >= 0.6 is 0 Å². The van der Waals surface area contributed by atoms with Crippen molar-refractivity contribution in [1.82, 2.24) is 4.98 Å². The Bertz CT molecular complexity index is 1090. The number of carbonyl (C=O) groups is 2. The zero-order chi connectivity index (χ0) is 25.6. The Labute approximate surface area is 202 Å². The first kappa shape index (κ1) is 26.0. The molecule has 2 heterocycles. The molecule has 1 unspecified atom stereocenters. The van der Waals surface area contributed by atoms with Gasteiger partial charge in [0, 0.05) is 31.5 Å². The van der Waals surface area contributed by atoms with Gasteiger partial charge in [0.1, 0.15) is 5.82 Å². The molecule has 186 valence electrons. The second-order valence-corrected chi connectivity index (χ2v) is 8.56. The maximum Gasteiger partial charge on any atom is 0.419 e. The van der Waals surface area contributed by atoms with E-state index < -0.39 is 36.1 Å². The molecule has 1 aromatic carbocycles. The standard InChI is InChI=1S/C25H27F3N4O3/c1-17-12-18(2)14-20(13-17)32(11-5-8-29)22(33)16-35-24(34)19-6-4-10-31(15-19)23-21(25(26,27)28)7-3-9-30-23/h3,7,9,12-14,19H,4-6,10-11,15-16H2,1-2H3. The number of piperidine rings is 1. The first-order chi connectivity index (χ1) is 16.6. The van der Waals surface area contributed by atoms with Gasteiger partial charge in [-0.25, -0.2) is 4.98 Å². The number of benzene rings is 1. The summed E-state index contributed by atoms with van der Waals surface area (Å²) in [7, 11) is 0. The summed E-state index contributed by atoms with van der Waals surface area (Å²) in [6.07, 6.45) is -2.25. The predicted octanol–water partition coefficient (Wildman–Crippen LogP) is 4.42. The molecule has 0 saturated carbocycles. The lowest BCUT2D eigenvalue weighted by atomic mass is 9.97. The van der Waals surface area contributed by atoms with Gasteiger partial charge in [-0.3, -0.25) is 9.59 Å². The van der Waals surface area contributed by atoms with Crippen LogP contribution in [-0.4, -0.2) is 43.1 Å². The number of nitrogens with zero attached hydrogens (tertiary/aromatic N) is 4. The molecule has 10 heteroatoms. The molecule has 1 amide bonds. The van der Waals surface area contributed by atoms with E-state index in [1.165, 1.54) is 22.1 Å². The number of nitriles is 1. The Morgan fingerprint density at radius 3 is 2.63 bits per heavy atom. The zero-order valence-electron chi connectivity index (χ0n) is 19.6. The summed E-state index contributed by atoms with van der Waals surface area (Å²) in [5.41, 5.74) is 1.65. The Balaban J connectivity index is 1.67. The molecule has 0 radical (unpaired) electrons. The summed E-state index contributed by atoms with van der Waals surface area (Å²) in [6, 6.07) is 9.78. The number of hydrogen-bond acceptors (Lipinski definition) is 6. The highest BCUT2D eigenvalue weighted by Gasteiger charge is 2.37. The number of esters is 1. The molecule has 1 saturated heterocycles. The second-order valence-electron chi connectivity index (χ2n) is 8.56. The zero-order valence-corrected chi connectivity index (χ0v) is 19.6. The molecule has 7 nitrogen and oxygen atoms in total. The topological polar surface area (TPSA) is 86.5 Å². The molecule has 0 spiro atoms. The smallest absolute Gasteiger partial charge is 0.419 e. The largest absolute Gasteiger partial charge is 0.455 e. The monoisotopic (exact) mass is 488 g/mol. The number of carbonyl (C=O) groups excluding carboxylic acids is 2. The molecule has 0 N–H and O–H groups in total. The third kappa shape index (κ3) is 6.72. The third-order valence-electron chi connectivity index (χ3n) is 5.75. The average molecular weight is 489 g/mol. The SMILES string of the molecule is Cc1cc(C)cc(N(CCC#N)C(=O)COC(=O)C2CCCN(c3ncccc3C(F)(F)F)C2)c1. The van der Waals surface area contributed by atoms with E-state index in [2.05, 4.69) is 4.98 Å². The maximum atomic E-state index is 13.4. The molecule has 0 aliphatic carbocycles. The van der Waals surface area contributed by atoms with Gasteiger partial charge in [0.25, 0.3) is 5.91 Å². The van der Waals surface area contributed by atoms with Gasteiger partial charge in [-0.1, -0.05) is 6.07 Å². The van der Waals surface area contributed by atoms with Crippen LogP contribution in [0.4, 0.5) is 24.7 Å². The number of aryl methyl sites for hydroxylation is 2. The van der Waals surface area contributed by atoms with Crippen molar-refractivity contribution in [2.24, 2.45) is 5.92 Å². The Morgan fingerprint density at radius 2 is 1.97 bits per heavy atom. The minimum atomic E-state index is -4.56. The first-order valence-corrected chi connectivity index (χ1v) is 11.3. The number of anilines is 2. The molecule has 1 fully saturated rings. The van der Waals surface area contributed by atoms with Crippen LogP contribution in [0.1, 0.15) is 36.0 Å². The van der Waals surface area contributed by atoms with Crippen LogP contribution in [0.2, 0.25) is 0 Å². The minimum Gasteiger partial charge on any atom is -0.455 e. The number of hydrogen-bond donors (Lipinski definition) is 0. The molecule has 1 aromatic heterocycles. The van der Waals surface area contributed by atoms with E-state index in [0.29, 0.717) is 25.1 Å². The highest BCUT2D eigenvalue weighted by molar-refractivity contribution is 5.95. The van der Waals surface area contributed by atoms with Crippen molar-refractivity contribution >= 4 is 23.4 Å². The molecule has 35 heavy (non-hydrogen) atoms. The van der Waals surface area contributed by atoms with Crippen molar-refractivity contribution in [3.8, 4) is 6.07 Å². The number of aromatic nitrogens is 1. The first-order valence-electron chi connectivity index (χ1n) is 11.3. The lowest BCUT2D eigenvalue weighted by Crippen LogP contribution is -2.42. The quantitative estimate of drug-likeness (QED) is 0.536. The molecule has 1 aliphatic heterocycles. The van der Waals surface area contributed by atoms with Gasteiger partial charge in [0.2, 0.25) is 0 Å². The van der Waals surface area contributed by atoms with Gasteiger partial charge in [0.05, 0.1) is 24.0 Å². The highest BCUT2D eigenvalue weighted by Crippen LogP contribution is 2.36. The van der Waals surface area contributed by atoms with Crippen molar-refractivity contribution in [3.63, 3.8) is 0 Å². The number of alkyl halides is 3. The molecule has 3 rings (SSSR count). The summed E-state index contributed by atoms with van der Waals surface area (Å²) in [5.74, 6) is -2.02. The van der Waals surface area contributed by atoms with E-state index >= 15 is 0 Å². The number of rotatable bonds is 7. The molecule has 1 atom stereocenters. The second kappa shape index (κ2) is 11.2. The van der Waals surface area contributed by atoms with Gasteiger partial charge in [-0.15, -0.1) is 0 Å². The van der Waals surface area contributed by atoms with E-state index in [9.17, 15) is 22.8 Å². The van der Waals surface area contributed by atoms with Crippen molar-refractivity contribution < 1.29 is 27.5 Å². The van der Waals surface area contributed by atoms with E-state index in [1.807, 2.05) is 38.1 Å². The lowest BCUT2D eigenvalue weighted by Gasteiger charge is -2.33. The van der Waals surface area contributed by atoms with E-state index in [1.54, 1.807) is 0 Å². The molecular weight excluding hydrogens is 461 g/mol. The van der Waals surface area contributed by atoms with Crippen LogP contribution in [0.5, 0.6) is 0 Å². The maximum absolute atomic E-state index is 13.4. The summed E-state index contributed by atoms with van der Waals surface area (Å²) in [5, 5.41) is 8.98. The molecule has 1 aliphatic rings. The van der Waals surface area contributed by atoms with Gasteiger partial charge in [0.15, 0.2) is 6.61 Å². The summed E-state index contributed by atoms with van der Waals surface area (Å²) in [4.78, 5) is 32.4. The molecule has 0 bridgehead atoms. The Morgan fingerprint density at radius 1 is 1.26 bits per heavy atom. The molecule has 2 aromatic rings. The summed E-state index contributed by atoms with van der Waals surface area (Å²) < 4.78 is 45.5. The van der Waals surface area contributed by atoms with Crippen molar-refractivity contribution in [2.75, 3.05) is 36.0 Å². The minimum absolute atomic E-state index is 0.0162. The fraction of sp³-hybridized carbons (Fsp3) is 0.440. The average Bonchev–Trinajstić information content (AvgIpc) is 2.81. The van der Waals surface area contributed by atoms with Crippen molar-refractivity contribution in [2.45, 2.75) is 39.3 Å². The van der Waals surface area contributed by atoms with Crippen LogP contribution in [0.3, 0.4) is 0 Å². The van der Waals surface area contributed by atoms with Gasteiger partial charge < -0.3 is 14.5 Å². The summed E-state index contributed by atoms with van der Waals surface area (Å²) in [6.45, 7) is 3.76. The predicted molar refractivity (Wildman–Crippen MR) is 124 cm³/mol. The van der Waals surface area contributed by atoms with Gasteiger partial charge in [-0.2, -0.15) is 18.4 Å². The van der Waals surface area contributed by atoms with Crippen LogP contribution in [0, 0.1) is 31.1 Å². The van der Waals surface area contributed by atoms with Gasteiger partial charge >= 0.3 is 12.1 Å². The highest BCUT2D eigenvalue weighted by atomic mass is 19.4. The van der Waals surface area contributed by atoms with Crippen molar-refractivity contribution in [1.29, 1.82) is 5.26 Å². The number of amides is 1. The number of pyridine rings is 1. The Hall–Kier alpha value is -3.61. The van der Waals surface area contributed by atoms with Crippen LogP contribution < -0.4 is 9.80 Å². The van der Waals surface area contributed by atoms with E-state index in [0.717, 1.165) is 17.2 Å². The lowest BCUT2D eigenvalue weighted by molar-refractivity contribution is -0.152. The third-order valence-corrected chi connectivity index (χ3v) is 5.75. The normalized spacial score (nSPS) is 15.9. The number of ether oxygens (including phenoxy) is 1. The van der Waals surface area contributed by atoms with Gasteiger partial charge in [-0.05, 0) is 62.1 Å². The summed E-state index contributed by atoms with van der Waals surface area (Å²) >= 11 is 0. The van der Waals surface area contributed by atoms with Crippen LogP contribution in [0.15, 0.2) is 36.5 Å². The van der Waals surface area contributed by atoms with E-state index in [4.69, 9.17) is 10.00 Å². The van der Waals surface area contributed by atoms with E-state index in [-0.39, 0.29) is 25.3 Å². The fourth-order valence-electron chi connectivity index (χ4n) is 4.23. The van der Waals surface area contributed by atoms with Crippen LogP contribution in [0.25, 0.3) is 0 Å². The van der Waals surface area contributed by atoms with Crippen molar-refractivity contribution in [3.05, 3.63) is 53.2 Å². The fourth-order valence-corrected chi connectivity index (χ4v) is 4.23. The Kier molecular flexibility index (Phi) is 8.33. The molecular formula is C25H27F3N4O3. The van der Waals surface area contributed by atoms with Crippen LogP contribution in [-0.2, 0) is 20.5 Å².